The maximum atomic E-state index is 12.3. The number of H-pyrrole nitrogens is 1. The molecule has 0 unspecified atom stereocenters. The molecule has 0 atom stereocenters. The van der Waals surface area contributed by atoms with Crippen molar-refractivity contribution in [2.75, 3.05) is 0 Å². The topological polar surface area (TPSA) is 82.2 Å². The predicted octanol–water partition coefficient (Wildman–Crippen LogP) is 1.90. The summed E-state index contributed by atoms with van der Waals surface area (Å²) in [6.45, 7) is 0. The van der Waals surface area contributed by atoms with Gasteiger partial charge >= 0.3 is 5.97 Å². The molecule has 3 rings (SSSR count). The van der Waals surface area contributed by atoms with Crippen molar-refractivity contribution in [1.29, 1.82) is 0 Å². The molecule has 1 aliphatic carbocycles. The number of carboxylic acid groups (broad SMARTS) is 1. The molecule has 5 nitrogen and oxygen atoms in total. The fraction of sp³-hybridized carbons (Fsp3) is 0.286. The number of amides is 1. The van der Waals surface area contributed by atoms with Gasteiger partial charge in [-0.2, -0.15) is 0 Å². The first-order valence-electron chi connectivity index (χ1n) is 6.24. The van der Waals surface area contributed by atoms with E-state index in [0.29, 0.717) is 18.4 Å². The number of rotatable bonds is 3. The van der Waals surface area contributed by atoms with Crippen molar-refractivity contribution in [1.82, 2.24) is 10.3 Å². The lowest BCUT2D eigenvalue weighted by molar-refractivity contribution is -0.148. The molecule has 1 fully saturated rings. The highest BCUT2D eigenvalue weighted by atomic mass is 16.4. The molecule has 1 saturated carbocycles. The Morgan fingerprint density at radius 2 is 2.05 bits per heavy atom. The van der Waals surface area contributed by atoms with Crippen LogP contribution in [0.3, 0.4) is 0 Å². The van der Waals surface area contributed by atoms with Crippen LogP contribution in [0.15, 0.2) is 30.5 Å². The van der Waals surface area contributed by atoms with Gasteiger partial charge in [0.25, 0.3) is 5.91 Å². The average Bonchev–Trinajstić information content (AvgIpc) is 2.80. The van der Waals surface area contributed by atoms with Gasteiger partial charge in [0.15, 0.2) is 0 Å². The first-order valence-corrected chi connectivity index (χ1v) is 6.24. The molecule has 1 amide bonds. The Morgan fingerprint density at radius 3 is 2.68 bits per heavy atom. The number of aliphatic carboxylic acids is 1. The summed E-state index contributed by atoms with van der Waals surface area (Å²) in [5.74, 6) is -1.29. The van der Waals surface area contributed by atoms with Gasteiger partial charge in [0.2, 0.25) is 0 Å². The second-order valence-corrected chi connectivity index (χ2v) is 4.94. The fourth-order valence-corrected chi connectivity index (χ4v) is 2.48. The van der Waals surface area contributed by atoms with Gasteiger partial charge in [-0.05, 0) is 31.4 Å². The monoisotopic (exact) mass is 258 g/mol. The van der Waals surface area contributed by atoms with E-state index in [4.69, 9.17) is 0 Å². The smallest absolute Gasteiger partial charge is 0.329 e. The zero-order valence-electron chi connectivity index (χ0n) is 10.3. The number of hydrogen-bond donors (Lipinski definition) is 3. The maximum Gasteiger partial charge on any atom is 0.329 e. The second kappa shape index (κ2) is 4.12. The number of nitrogens with one attached hydrogen (secondary N) is 2. The molecule has 98 valence electrons. The molecular formula is C14H14N2O3. The number of carboxylic acids is 1. The number of para-hydroxylation sites is 1. The third-order valence-electron chi connectivity index (χ3n) is 3.80. The minimum atomic E-state index is -1.08. The van der Waals surface area contributed by atoms with Gasteiger partial charge in [-0.3, -0.25) is 4.79 Å². The Bertz CT molecular complexity index is 656. The van der Waals surface area contributed by atoms with Crippen LogP contribution >= 0.6 is 0 Å². The average molecular weight is 258 g/mol. The Kier molecular flexibility index (Phi) is 2.55. The van der Waals surface area contributed by atoms with Crippen LogP contribution in [0.5, 0.6) is 0 Å². The Balaban J connectivity index is 1.92. The van der Waals surface area contributed by atoms with Crippen molar-refractivity contribution in [3.8, 4) is 0 Å². The lowest BCUT2D eigenvalue weighted by atomic mass is 9.76. The van der Waals surface area contributed by atoms with Crippen LogP contribution in [-0.4, -0.2) is 27.5 Å². The first-order chi connectivity index (χ1) is 9.12. The highest BCUT2D eigenvalue weighted by Gasteiger charge is 2.45. The van der Waals surface area contributed by atoms with Crippen LogP contribution in [0.25, 0.3) is 10.9 Å². The van der Waals surface area contributed by atoms with Crippen molar-refractivity contribution in [2.24, 2.45) is 0 Å². The number of carbonyl (C=O) groups excluding carboxylic acids is 1. The molecular weight excluding hydrogens is 244 g/mol. The van der Waals surface area contributed by atoms with E-state index in [2.05, 4.69) is 10.3 Å². The largest absolute Gasteiger partial charge is 0.480 e. The zero-order chi connectivity index (χ0) is 13.5. The number of aromatic nitrogens is 1. The van der Waals surface area contributed by atoms with Gasteiger partial charge in [-0.25, -0.2) is 4.79 Å². The van der Waals surface area contributed by atoms with E-state index in [1.165, 1.54) is 0 Å². The van der Waals surface area contributed by atoms with Gasteiger partial charge in [0.05, 0.1) is 11.1 Å². The lowest BCUT2D eigenvalue weighted by Crippen LogP contribution is -2.59. The summed E-state index contributed by atoms with van der Waals surface area (Å²) in [6, 6.07) is 7.27. The third-order valence-corrected chi connectivity index (χ3v) is 3.80. The molecule has 19 heavy (non-hydrogen) atoms. The second-order valence-electron chi connectivity index (χ2n) is 4.94. The van der Waals surface area contributed by atoms with Crippen LogP contribution in [0.4, 0.5) is 0 Å². The summed E-state index contributed by atoms with van der Waals surface area (Å²) >= 11 is 0. The molecule has 1 aromatic carbocycles. The predicted molar refractivity (Wildman–Crippen MR) is 70.0 cm³/mol. The van der Waals surface area contributed by atoms with Gasteiger partial charge in [0, 0.05) is 11.6 Å². The summed E-state index contributed by atoms with van der Waals surface area (Å²) in [4.78, 5) is 26.5. The van der Waals surface area contributed by atoms with Crippen molar-refractivity contribution in [2.45, 2.75) is 24.8 Å². The molecule has 1 heterocycles. The van der Waals surface area contributed by atoms with Crippen LogP contribution in [0.2, 0.25) is 0 Å². The van der Waals surface area contributed by atoms with Gasteiger partial charge in [0.1, 0.15) is 5.54 Å². The molecule has 1 aliphatic rings. The molecule has 0 aliphatic heterocycles. The van der Waals surface area contributed by atoms with E-state index in [1.54, 1.807) is 18.3 Å². The van der Waals surface area contributed by atoms with Crippen molar-refractivity contribution >= 4 is 22.8 Å². The summed E-state index contributed by atoms with van der Waals surface area (Å²) in [7, 11) is 0. The minimum Gasteiger partial charge on any atom is -0.480 e. The van der Waals surface area contributed by atoms with Crippen LogP contribution in [-0.2, 0) is 4.79 Å². The molecule has 0 radical (unpaired) electrons. The van der Waals surface area contributed by atoms with Crippen LogP contribution in [0, 0.1) is 0 Å². The molecule has 0 spiro atoms. The third kappa shape index (κ3) is 1.78. The summed E-state index contributed by atoms with van der Waals surface area (Å²) in [5.41, 5.74) is 0.140. The summed E-state index contributed by atoms with van der Waals surface area (Å²) in [5, 5.41) is 12.8. The van der Waals surface area contributed by atoms with Gasteiger partial charge < -0.3 is 15.4 Å². The van der Waals surface area contributed by atoms with Crippen molar-refractivity contribution in [3.05, 3.63) is 36.0 Å². The van der Waals surface area contributed by atoms with E-state index in [1.807, 2.05) is 12.1 Å². The van der Waals surface area contributed by atoms with E-state index < -0.39 is 11.5 Å². The highest BCUT2D eigenvalue weighted by Crippen LogP contribution is 2.32. The molecule has 0 saturated heterocycles. The van der Waals surface area contributed by atoms with Crippen molar-refractivity contribution in [3.63, 3.8) is 0 Å². The number of fused-ring (bicyclic) bond motifs is 1. The van der Waals surface area contributed by atoms with Gasteiger partial charge in [-0.1, -0.05) is 12.1 Å². The fourth-order valence-electron chi connectivity index (χ4n) is 2.48. The van der Waals surface area contributed by atoms with E-state index >= 15 is 0 Å². The summed E-state index contributed by atoms with van der Waals surface area (Å²) in [6.07, 6.45) is 3.58. The SMILES string of the molecule is O=C(NC1(C(=O)O)CCC1)c1cccc2cc[nH]c12. The number of carbonyl (C=O) groups is 2. The standard InChI is InChI=1S/C14H14N2O3/c17-12(16-14(13(18)19)6-2-7-14)10-4-1-3-9-5-8-15-11(9)10/h1,3-5,8,15H,2,6-7H2,(H,16,17)(H,18,19). The Hall–Kier alpha value is -2.30. The number of aromatic amines is 1. The molecule has 5 heteroatoms. The quantitative estimate of drug-likeness (QED) is 0.786. The van der Waals surface area contributed by atoms with E-state index in [0.717, 1.165) is 17.3 Å². The minimum absolute atomic E-state index is 0.338. The number of hydrogen-bond acceptors (Lipinski definition) is 2. The highest BCUT2D eigenvalue weighted by molar-refractivity contribution is 6.07. The van der Waals surface area contributed by atoms with E-state index in [-0.39, 0.29) is 5.91 Å². The van der Waals surface area contributed by atoms with Crippen LogP contribution < -0.4 is 5.32 Å². The maximum absolute atomic E-state index is 12.3. The van der Waals surface area contributed by atoms with E-state index in [9.17, 15) is 14.7 Å². The van der Waals surface area contributed by atoms with Gasteiger partial charge in [-0.15, -0.1) is 0 Å². The van der Waals surface area contributed by atoms with Crippen LogP contribution in [0.1, 0.15) is 29.6 Å². The Morgan fingerprint density at radius 1 is 1.26 bits per heavy atom. The molecule has 1 aromatic heterocycles. The lowest BCUT2D eigenvalue weighted by Gasteiger charge is -2.38. The molecule has 2 aromatic rings. The number of benzene rings is 1. The zero-order valence-corrected chi connectivity index (χ0v) is 10.3. The summed E-state index contributed by atoms with van der Waals surface area (Å²) < 4.78 is 0. The normalized spacial score (nSPS) is 16.8. The Labute approximate surface area is 109 Å². The molecule has 0 bridgehead atoms. The van der Waals surface area contributed by atoms with Crippen molar-refractivity contribution < 1.29 is 14.7 Å². The molecule has 3 N–H and O–H groups in total. The first kappa shape index (κ1) is 11.8.